The second kappa shape index (κ2) is 10.5. The van der Waals surface area contributed by atoms with Crippen molar-refractivity contribution in [3.8, 4) is 17.0 Å². The fourth-order valence-corrected chi connectivity index (χ4v) is 6.42. The Morgan fingerprint density at radius 1 is 1.10 bits per heavy atom. The summed E-state index contributed by atoms with van der Waals surface area (Å²) in [4.78, 5) is 30.5. The number of sulfone groups is 1. The second-order valence-corrected chi connectivity index (χ2v) is 11.5. The highest BCUT2D eigenvalue weighted by Crippen LogP contribution is 2.33. The molecule has 1 saturated heterocycles. The van der Waals surface area contributed by atoms with Gasteiger partial charge in [0.1, 0.15) is 5.75 Å². The first kappa shape index (κ1) is 26.4. The number of amides is 1. The number of anilines is 1. The first-order chi connectivity index (χ1) is 18.7. The van der Waals surface area contributed by atoms with E-state index in [0.717, 1.165) is 5.56 Å². The van der Waals surface area contributed by atoms with Gasteiger partial charge in [-0.3, -0.25) is 4.79 Å². The number of esters is 1. The van der Waals surface area contributed by atoms with E-state index < -0.39 is 15.8 Å². The molecule has 0 bridgehead atoms. The largest absolute Gasteiger partial charge is 0.497 e. The van der Waals surface area contributed by atoms with Gasteiger partial charge < -0.3 is 14.8 Å². The summed E-state index contributed by atoms with van der Waals surface area (Å²) in [5.41, 5.74) is 3.55. The Morgan fingerprint density at radius 2 is 1.82 bits per heavy atom. The number of hydrogen-bond acceptors (Lipinski definition) is 8. The molecule has 4 aromatic rings. The van der Waals surface area contributed by atoms with Gasteiger partial charge in [-0.2, -0.15) is 5.10 Å². The number of nitrogens with zero attached hydrogens (tertiary/aromatic N) is 3. The second-order valence-electron chi connectivity index (χ2n) is 9.32. The van der Waals surface area contributed by atoms with E-state index in [-0.39, 0.29) is 30.1 Å². The number of ether oxygens (including phenoxy) is 2. The molecule has 1 N–H and O–H groups in total. The maximum Gasteiger partial charge on any atom is 0.338 e. The molecule has 3 heterocycles. The van der Waals surface area contributed by atoms with E-state index in [2.05, 4.69) is 10.4 Å². The number of pyridine rings is 1. The van der Waals surface area contributed by atoms with Gasteiger partial charge >= 0.3 is 5.97 Å². The first-order valence-electron chi connectivity index (χ1n) is 12.5. The summed E-state index contributed by atoms with van der Waals surface area (Å²) >= 11 is 0. The van der Waals surface area contributed by atoms with E-state index in [9.17, 15) is 18.0 Å². The highest BCUT2D eigenvalue weighted by molar-refractivity contribution is 7.91. The van der Waals surface area contributed by atoms with Crippen molar-refractivity contribution >= 4 is 38.4 Å². The lowest BCUT2D eigenvalue weighted by molar-refractivity contribution is 0.0526. The molecule has 39 heavy (non-hydrogen) atoms. The monoisotopic (exact) mass is 548 g/mol. The van der Waals surface area contributed by atoms with E-state index in [4.69, 9.17) is 14.5 Å². The molecule has 11 heteroatoms. The molecule has 0 spiro atoms. The van der Waals surface area contributed by atoms with Gasteiger partial charge in [0.15, 0.2) is 15.5 Å². The average molecular weight is 549 g/mol. The van der Waals surface area contributed by atoms with Crippen LogP contribution in [0, 0.1) is 6.92 Å². The number of rotatable bonds is 7. The van der Waals surface area contributed by atoms with Crippen LogP contribution in [0.1, 0.15) is 45.8 Å². The number of aromatic nitrogens is 3. The predicted molar refractivity (Wildman–Crippen MR) is 147 cm³/mol. The van der Waals surface area contributed by atoms with Crippen molar-refractivity contribution in [3.63, 3.8) is 0 Å². The van der Waals surface area contributed by atoms with Crippen LogP contribution in [0.25, 0.3) is 22.3 Å². The Balaban J connectivity index is 1.58. The van der Waals surface area contributed by atoms with Crippen LogP contribution in [0.5, 0.6) is 5.75 Å². The minimum Gasteiger partial charge on any atom is -0.497 e. The lowest BCUT2D eigenvalue weighted by Gasteiger charge is -2.13. The summed E-state index contributed by atoms with van der Waals surface area (Å²) < 4.78 is 36.4. The van der Waals surface area contributed by atoms with Crippen LogP contribution in [0.15, 0.2) is 54.6 Å². The third-order valence-corrected chi connectivity index (χ3v) is 8.43. The van der Waals surface area contributed by atoms with Crippen molar-refractivity contribution in [1.29, 1.82) is 0 Å². The Kier molecular flexibility index (Phi) is 7.09. The normalized spacial score (nSPS) is 16.2. The van der Waals surface area contributed by atoms with Crippen LogP contribution in [-0.4, -0.2) is 60.3 Å². The maximum atomic E-state index is 13.6. The van der Waals surface area contributed by atoms with Crippen molar-refractivity contribution < 1.29 is 27.5 Å². The molecule has 0 aliphatic carbocycles. The number of hydrogen-bond donors (Lipinski definition) is 1. The zero-order chi connectivity index (χ0) is 27.7. The summed E-state index contributed by atoms with van der Waals surface area (Å²) in [6, 6.07) is 15.1. The Morgan fingerprint density at radius 3 is 2.44 bits per heavy atom. The van der Waals surface area contributed by atoms with E-state index in [1.165, 1.54) is 0 Å². The van der Waals surface area contributed by atoms with Gasteiger partial charge in [-0.05, 0) is 74.9 Å². The molecule has 10 nitrogen and oxygen atoms in total. The zero-order valence-electron chi connectivity index (χ0n) is 21.8. The van der Waals surface area contributed by atoms with Crippen LogP contribution in [0.3, 0.4) is 0 Å². The number of carbonyl (C=O) groups excluding carboxylic acids is 2. The van der Waals surface area contributed by atoms with E-state index in [0.29, 0.717) is 51.4 Å². The smallest absolute Gasteiger partial charge is 0.338 e. The molecule has 2 aromatic carbocycles. The van der Waals surface area contributed by atoms with E-state index >= 15 is 0 Å². The Bertz CT molecular complexity index is 1660. The van der Waals surface area contributed by atoms with Gasteiger partial charge in [-0.25, -0.2) is 22.9 Å². The summed E-state index contributed by atoms with van der Waals surface area (Å²) in [6.07, 6.45) is 0.432. The van der Waals surface area contributed by atoms with Crippen molar-refractivity contribution in [2.24, 2.45) is 0 Å². The minimum absolute atomic E-state index is 0.0218. The molecule has 1 amide bonds. The molecular weight excluding hydrogens is 520 g/mol. The van der Waals surface area contributed by atoms with Crippen LogP contribution in [-0.2, 0) is 14.6 Å². The van der Waals surface area contributed by atoms with Gasteiger partial charge in [0.05, 0.1) is 59.2 Å². The molecule has 1 aliphatic heterocycles. The fraction of sp³-hybridized carbons (Fsp3) is 0.286. The third kappa shape index (κ3) is 5.35. The third-order valence-electron chi connectivity index (χ3n) is 6.68. The summed E-state index contributed by atoms with van der Waals surface area (Å²) in [6.45, 7) is 3.78. The standard InChI is InChI=1S/C28H28N4O6S/c1-4-38-28(34)19-5-9-20(10-6-19)29-27(33)23-15-24(18-7-11-22(37-3)12-8-18)30-26-25(23)17(2)31-32(26)21-13-14-39(35,36)16-21/h5-12,15,21H,4,13-14,16H2,1-3H3,(H,29,33). The topological polar surface area (TPSA) is 129 Å². The van der Waals surface area contributed by atoms with Gasteiger partial charge in [0.2, 0.25) is 0 Å². The number of carbonyl (C=O) groups is 2. The zero-order valence-corrected chi connectivity index (χ0v) is 22.6. The van der Waals surface area contributed by atoms with Gasteiger partial charge in [0, 0.05) is 11.3 Å². The average Bonchev–Trinajstić information content (AvgIpc) is 3.47. The molecular formula is C28H28N4O6S. The first-order valence-corrected chi connectivity index (χ1v) is 14.3. The van der Waals surface area contributed by atoms with Gasteiger partial charge in [-0.1, -0.05) is 0 Å². The van der Waals surface area contributed by atoms with Crippen molar-refractivity contribution in [3.05, 3.63) is 71.4 Å². The number of benzene rings is 2. The highest BCUT2D eigenvalue weighted by Gasteiger charge is 2.32. The SMILES string of the molecule is CCOC(=O)c1ccc(NC(=O)c2cc(-c3ccc(OC)cc3)nc3c2c(C)nn3C2CCS(=O)(=O)C2)cc1. The summed E-state index contributed by atoms with van der Waals surface area (Å²) in [5, 5.41) is 8.08. The molecule has 1 aliphatic rings. The summed E-state index contributed by atoms with van der Waals surface area (Å²) in [5.74, 6) is -0.0756. The molecule has 1 unspecified atom stereocenters. The molecule has 5 rings (SSSR count). The number of nitrogens with one attached hydrogen (secondary N) is 1. The maximum absolute atomic E-state index is 13.6. The van der Waals surface area contributed by atoms with Crippen LogP contribution in [0.4, 0.5) is 5.69 Å². The van der Waals surface area contributed by atoms with Crippen molar-refractivity contribution in [2.45, 2.75) is 26.3 Å². The number of aryl methyl sites for hydroxylation is 1. The molecule has 0 radical (unpaired) electrons. The highest BCUT2D eigenvalue weighted by atomic mass is 32.2. The van der Waals surface area contributed by atoms with Crippen LogP contribution >= 0.6 is 0 Å². The van der Waals surface area contributed by atoms with E-state index in [1.807, 2.05) is 12.1 Å². The van der Waals surface area contributed by atoms with Crippen LogP contribution < -0.4 is 10.1 Å². The molecule has 1 atom stereocenters. The molecule has 0 saturated carbocycles. The molecule has 2 aromatic heterocycles. The number of methoxy groups -OCH3 is 1. The molecule has 1 fully saturated rings. The summed E-state index contributed by atoms with van der Waals surface area (Å²) in [7, 11) is -1.59. The molecule has 202 valence electrons. The van der Waals surface area contributed by atoms with Crippen LogP contribution in [0.2, 0.25) is 0 Å². The lowest BCUT2D eigenvalue weighted by Crippen LogP contribution is -2.15. The quantitative estimate of drug-likeness (QED) is 0.340. The Labute approximate surface area is 225 Å². The van der Waals surface area contributed by atoms with E-state index in [1.54, 1.807) is 68.1 Å². The number of fused-ring (bicyclic) bond motifs is 1. The Hall–Kier alpha value is -4.25. The van der Waals surface area contributed by atoms with Gasteiger partial charge in [-0.15, -0.1) is 0 Å². The van der Waals surface area contributed by atoms with Crippen molar-refractivity contribution in [2.75, 3.05) is 30.5 Å². The lowest BCUT2D eigenvalue weighted by atomic mass is 10.0. The predicted octanol–water partition coefficient (Wildman–Crippen LogP) is 4.20. The minimum atomic E-state index is -3.17. The van der Waals surface area contributed by atoms with Gasteiger partial charge in [0.25, 0.3) is 5.91 Å². The van der Waals surface area contributed by atoms with Crippen molar-refractivity contribution in [1.82, 2.24) is 14.8 Å². The fourth-order valence-electron chi connectivity index (χ4n) is 4.73.